The number of rotatable bonds is 7. The zero-order valence-electron chi connectivity index (χ0n) is 13.7. The summed E-state index contributed by atoms with van der Waals surface area (Å²) in [7, 11) is 0. The van der Waals surface area contributed by atoms with Crippen LogP contribution in [0.15, 0.2) is 53.9 Å². The number of nitro groups is 1. The molecule has 0 N–H and O–H groups in total. The van der Waals surface area contributed by atoms with Gasteiger partial charge in [-0.15, -0.1) is 10.2 Å². The molecule has 0 radical (unpaired) electrons. The molecule has 0 fully saturated rings. The lowest BCUT2D eigenvalue weighted by molar-refractivity contribution is -0.385. The largest absolute Gasteiger partial charge is 0.302 e. The van der Waals surface area contributed by atoms with Crippen molar-refractivity contribution in [2.75, 3.05) is 0 Å². The number of nitro benzene ring substituents is 1. The van der Waals surface area contributed by atoms with Crippen LogP contribution in [0.1, 0.15) is 18.9 Å². The molecule has 3 rings (SSSR count). The third-order valence-corrected chi connectivity index (χ3v) is 4.66. The molecule has 0 aliphatic carbocycles. The minimum Gasteiger partial charge on any atom is -0.302 e. The monoisotopic (exact) mass is 355 g/mol. The molecule has 0 saturated heterocycles. The van der Waals surface area contributed by atoms with Crippen molar-refractivity contribution < 1.29 is 4.92 Å². The van der Waals surface area contributed by atoms with Gasteiger partial charge in [-0.3, -0.25) is 15.1 Å². The molecule has 0 spiro atoms. The fourth-order valence-electron chi connectivity index (χ4n) is 2.49. The quantitative estimate of drug-likeness (QED) is 0.362. The van der Waals surface area contributed by atoms with Crippen molar-refractivity contribution in [3.05, 3.63) is 64.5 Å². The maximum Gasteiger partial charge on any atom is 0.273 e. The van der Waals surface area contributed by atoms with Crippen LogP contribution in [-0.4, -0.2) is 24.7 Å². The van der Waals surface area contributed by atoms with Gasteiger partial charge < -0.3 is 4.57 Å². The standard InChI is InChI=1S/C17H17N5O2S/c1-2-11-21-16(13-7-9-18-10-8-13)19-20-17(21)25-12-14-5-3-4-6-15(14)22(23)24/h3-10H,2,11-12H2,1H3. The van der Waals surface area contributed by atoms with Crippen molar-refractivity contribution in [3.63, 3.8) is 0 Å². The number of benzene rings is 1. The van der Waals surface area contributed by atoms with Crippen molar-refractivity contribution in [1.82, 2.24) is 19.7 Å². The van der Waals surface area contributed by atoms with E-state index in [1.54, 1.807) is 24.5 Å². The first-order valence-corrected chi connectivity index (χ1v) is 8.88. The number of thioether (sulfide) groups is 1. The summed E-state index contributed by atoms with van der Waals surface area (Å²) < 4.78 is 2.05. The molecule has 0 saturated carbocycles. The lowest BCUT2D eigenvalue weighted by atomic mass is 10.2. The smallest absolute Gasteiger partial charge is 0.273 e. The summed E-state index contributed by atoms with van der Waals surface area (Å²) in [4.78, 5) is 14.8. The van der Waals surface area contributed by atoms with Gasteiger partial charge in [0.25, 0.3) is 5.69 Å². The number of hydrogen-bond donors (Lipinski definition) is 0. The van der Waals surface area contributed by atoms with Crippen LogP contribution in [-0.2, 0) is 12.3 Å². The average Bonchev–Trinajstić information content (AvgIpc) is 3.04. The molecule has 0 atom stereocenters. The van der Waals surface area contributed by atoms with Crippen molar-refractivity contribution in [2.24, 2.45) is 0 Å². The molecular weight excluding hydrogens is 338 g/mol. The highest BCUT2D eigenvalue weighted by atomic mass is 32.2. The zero-order valence-corrected chi connectivity index (χ0v) is 14.5. The van der Waals surface area contributed by atoms with E-state index in [0.29, 0.717) is 11.3 Å². The maximum atomic E-state index is 11.1. The molecule has 0 aliphatic rings. The molecule has 2 aromatic heterocycles. The summed E-state index contributed by atoms with van der Waals surface area (Å²) in [5, 5.41) is 20.5. The number of nitrogens with zero attached hydrogens (tertiary/aromatic N) is 5. The van der Waals surface area contributed by atoms with E-state index in [0.717, 1.165) is 29.5 Å². The molecule has 25 heavy (non-hydrogen) atoms. The lowest BCUT2D eigenvalue weighted by Crippen LogP contribution is -2.02. The van der Waals surface area contributed by atoms with E-state index in [9.17, 15) is 10.1 Å². The van der Waals surface area contributed by atoms with E-state index >= 15 is 0 Å². The van der Waals surface area contributed by atoms with Gasteiger partial charge in [0, 0.05) is 41.9 Å². The third-order valence-electron chi connectivity index (χ3n) is 3.65. The molecule has 0 amide bonds. The highest BCUT2D eigenvalue weighted by Crippen LogP contribution is 2.29. The number of pyridine rings is 1. The number of para-hydroxylation sites is 1. The summed E-state index contributed by atoms with van der Waals surface area (Å²) in [5.41, 5.74) is 1.76. The summed E-state index contributed by atoms with van der Waals surface area (Å²) in [5.74, 6) is 1.25. The van der Waals surface area contributed by atoms with Crippen LogP contribution in [0.2, 0.25) is 0 Å². The number of hydrogen-bond acceptors (Lipinski definition) is 6. The van der Waals surface area contributed by atoms with E-state index in [1.807, 2.05) is 18.2 Å². The summed E-state index contributed by atoms with van der Waals surface area (Å²) in [6.07, 6.45) is 4.38. The Kier molecular flexibility index (Phi) is 5.39. The Hall–Kier alpha value is -2.74. The fraction of sp³-hybridized carbons (Fsp3) is 0.235. The van der Waals surface area contributed by atoms with Crippen LogP contribution in [0.5, 0.6) is 0 Å². The molecule has 8 heteroatoms. The minimum absolute atomic E-state index is 0.130. The van der Waals surface area contributed by atoms with Gasteiger partial charge in [0.15, 0.2) is 11.0 Å². The van der Waals surface area contributed by atoms with Crippen molar-refractivity contribution in [3.8, 4) is 11.4 Å². The second kappa shape index (κ2) is 7.89. The van der Waals surface area contributed by atoms with Gasteiger partial charge in [-0.1, -0.05) is 36.9 Å². The molecule has 3 aromatic rings. The molecule has 0 bridgehead atoms. The predicted octanol–water partition coefficient (Wildman–Crippen LogP) is 3.95. The highest BCUT2D eigenvalue weighted by molar-refractivity contribution is 7.98. The second-order valence-electron chi connectivity index (χ2n) is 5.37. The van der Waals surface area contributed by atoms with Crippen LogP contribution in [0.25, 0.3) is 11.4 Å². The Balaban J connectivity index is 1.86. The van der Waals surface area contributed by atoms with E-state index < -0.39 is 0 Å². The van der Waals surface area contributed by atoms with Gasteiger partial charge in [-0.05, 0) is 18.6 Å². The zero-order chi connectivity index (χ0) is 17.6. The molecular formula is C17H17N5O2S. The molecule has 7 nitrogen and oxygen atoms in total. The summed E-state index contributed by atoms with van der Waals surface area (Å²) in [6.45, 7) is 2.87. The van der Waals surface area contributed by atoms with Crippen molar-refractivity contribution in [1.29, 1.82) is 0 Å². The van der Waals surface area contributed by atoms with E-state index in [-0.39, 0.29) is 10.6 Å². The number of aromatic nitrogens is 4. The van der Waals surface area contributed by atoms with Crippen LogP contribution < -0.4 is 0 Å². The molecule has 0 unspecified atom stereocenters. The minimum atomic E-state index is -0.352. The van der Waals surface area contributed by atoms with Crippen LogP contribution >= 0.6 is 11.8 Å². The second-order valence-corrected chi connectivity index (χ2v) is 6.31. The van der Waals surface area contributed by atoms with Crippen LogP contribution in [0.4, 0.5) is 5.69 Å². The molecule has 2 heterocycles. The molecule has 0 aliphatic heterocycles. The van der Waals surface area contributed by atoms with Crippen molar-refractivity contribution in [2.45, 2.75) is 30.8 Å². The van der Waals surface area contributed by atoms with Gasteiger partial charge in [0.05, 0.1) is 4.92 Å². The summed E-state index contributed by atoms with van der Waals surface area (Å²) in [6, 6.07) is 10.6. The van der Waals surface area contributed by atoms with E-state index in [4.69, 9.17) is 0 Å². The fourth-order valence-corrected chi connectivity index (χ4v) is 3.45. The van der Waals surface area contributed by atoms with Crippen LogP contribution in [0, 0.1) is 10.1 Å². The lowest BCUT2D eigenvalue weighted by Gasteiger charge is -2.09. The SMILES string of the molecule is CCCn1c(SCc2ccccc2[N+](=O)[O-])nnc1-c1ccncc1. The van der Waals surface area contributed by atoms with Gasteiger partial charge in [-0.2, -0.15) is 0 Å². The summed E-state index contributed by atoms with van der Waals surface area (Å²) >= 11 is 1.46. The Morgan fingerprint density at radius 3 is 2.64 bits per heavy atom. The topological polar surface area (TPSA) is 86.7 Å². The molecule has 1 aromatic carbocycles. The third kappa shape index (κ3) is 3.85. The first kappa shape index (κ1) is 17.1. The average molecular weight is 355 g/mol. The van der Waals surface area contributed by atoms with Gasteiger partial charge in [0.2, 0.25) is 0 Å². The van der Waals surface area contributed by atoms with Gasteiger partial charge >= 0.3 is 0 Å². The van der Waals surface area contributed by atoms with Crippen molar-refractivity contribution >= 4 is 17.4 Å². The first-order chi connectivity index (χ1) is 12.2. The Labute approximate surface area is 149 Å². The van der Waals surface area contributed by atoms with Gasteiger partial charge in [0.1, 0.15) is 0 Å². The maximum absolute atomic E-state index is 11.1. The molecule has 128 valence electrons. The normalized spacial score (nSPS) is 10.8. The van der Waals surface area contributed by atoms with E-state index in [2.05, 4.69) is 26.7 Å². The van der Waals surface area contributed by atoms with Crippen LogP contribution in [0.3, 0.4) is 0 Å². The predicted molar refractivity (Wildman–Crippen MR) is 96.2 cm³/mol. The van der Waals surface area contributed by atoms with Gasteiger partial charge in [-0.25, -0.2) is 0 Å². The Morgan fingerprint density at radius 2 is 1.92 bits per heavy atom. The highest BCUT2D eigenvalue weighted by Gasteiger charge is 2.17. The van der Waals surface area contributed by atoms with E-state index in [1.165, 1.54) is 17.8 Å². The Bertz CT molecular complexity index is 866. The first-order valence-electron chi connectivity index (χ1n) is 7.89. The Morgan fingerprint density at radius 1 is 1.16 bits per heavy atom.